The van der Waals surface area contributed by atoms with Gasteiger partial charge >= 0.3 is 0 Å². The van der Waals surface area contributed by atoms with Crippen molar-refractivity contribution in [3.05, 3.63) is 48.0 Å². The number of anilines is 2. The highest BCUT2D eigenvalue weighted by Crippen LogP contribution is 2.36. The first-order valence-electron chi connectivity index (χ1n) is 14.1. The van der Waals surface area contributed by atoms with Crippen LogP contribution in [-0.4, -0.2) is 51.5 Å². The van der Waals surface area contributed by atoms with Gasteiger partial charge in [-0.1, -0.05) is 18.2 Å². The Morgan fingerprint density at radius 1 is 0.842 bits per heavy atom. The van der Waals surface area contributed by atoms with Crippen molar-refractivity contribution in [1.29, 1.82) is 0 Å². The maximum Gasteiger partial charge on any atom is 0.164 e. The molecular formula is C31H44N4O3. The van der Waals surface area contributed by atoms with Gasteiger partial charge in [-0.2, -0.15) is 0 Å². The number of hydrogen-bond donors (Lipinski definition) is 2. The molecule has 0 saturated heterocycles. The molecule has 1 saturated carbocycles. The third kappa shape index (κ3) is 7.01. The lowest BCUT2D eigenvalue weighted by Crippen LogP contribution is -2.31. The van der Waals surface area contributed by atoms with Gasteiger partial charge in [0.15, 0.2) is 11.5 Å². The fraction of sp³-hybridized carbons (Fsp3) is 0.516. The molecule has 1 fully saturated rings. The normalized spacial score (nSPS) is 17.3. The van der Waals surface area contributed by atoms with Crippen molar-refractivity contribution in [2.24, 2.45) is 5.92 Å². The summed E-state index contributed by atoms with van der Waals surface area (Å²) in [6.45, 7) is 9.53. The topological polar surface area (TPSA) is 67.9 Å². The summed E-state index contributed by atoms with van der Waals surface area (Å²) in [7, 11) is 4.18. The largest absolute Gasteiger partial charge is 0.493 e. The van der Waals surface area contributed by atoms with E-state index in [4.69, 9.17) is 19.2 Å². The second-order valence-corrected chi connectivity index (χ2v) is 10.1. The van der Waals surface area contributed by atoms with Crippen molar-refractivity contribution in [2.75, 3.05) is 50.7 Å². The molecule has 1 aromatic heterocycles. The number of benzene rings is 2. The molecule has 0 unspecified atom stereocenters. The van der Waals surface area contributed by atoms with Gasteiger partial charge in [0.05, 0.1) is 25.3 Å². The first kappa shape index (κ1) is 27.8. The van der Waals surface area contributed by atoms with E-state index in [0.717, 1.165) is 60.1 Å². The summed E-state index contributed by atoms with van der Waals surface area (Å²) in [6.07, 6.45) is 4.70. The van der Waals surface area contributed by atoms with Crippen LogP contribution in [0.15, 0.2) is 42.5 Å². The van der Waals surface area contributed by atoms with Gasteiger partial charge in [-0.3, -0.25) is 0 Å². The van der Waals surface area contributed by atoms with Crippen molar-refractivity contribution in [1.82, 2.24) is 10.3 Å². The number of para-hydroxylation sites is 1. The van der Waals surface area contributed by atoms with Crippen LogP contribution in [0, 0.1) is 5.92 Å². The molecular weight excluding hydrogens is 476 g/mol. The van der Waals surface area contributed by atoms with Crippen LogP contribution in [-0.2, 0) is 6.54 Å². The lowest BCUT2D eigenvalue weighted by molar-refractivity contribution is 0.281. The summed E-state index contributed by atoms with van der Waals surface area (Å²) < 4.78 is 17.6. The van der Waals surface area contributed by atoms with Crippen molar-refractivity contribution in [3.8, 4) is 17.2 Å². The Morgan fingerprint density at radius 3 is 2.18 bits per heavy atom. The van der Waals surface area contributed by atoms with Gasteiger partial charge in [-0.25, -0.2) is 4.98 Å². The molecule has 0 aliphatic heterocycles. The van der Waals surface area contributed by atoms with E-state index in [1.165, 1.54) is 23.9 Å². The van der Waals surface area contributed by atoms with Crippen LogP contribution in [0.25, 0.3) is 10.9 Å². The van der Waals surface area contributed by atoms with Gasteiger partial charge in [0.25, 0.3) is 0 Å². The third-order valence-electron chi connectivity index (χ3n) is 7.15. The molecule has 0 radical (unpaired) electrons. The summed E-state index contributed by atoms with van der Waals surface area (Å²) in [4.78, 5) is 7.06. The second-order valence-electron chi connectivity index (χ2n) is 10.1. The first-order chi connectivity index (χ1) is 18.5. The van der Waals surface area contributed by atoms with Crippen LogP contribution in [0.2, 0.25) is 0 Å². The Bertz CT molecular complexity index is 1180. The van der Waals surface area contributed by atoms with Crippen molar-refractivity contribution < 1.29 is 14.2 Å². The minimum Gasteiger partial charge on any atom is -0.493 e. The Kier molecular flexibility index (Phi) is 9.93. The van der Waals surface area contributed by atoms with E-state index < -0.39 is 0 Å². The van der Waals surface area contributed by atoms with E-state index in [1.807, 2.05) is 26.8 Å². The number of hydrogen-bond acceptors (Lipinski definition) is 7. The molecule has 38 heavy (non-hydrogen) atoms. The third-order valence-corrected chi connectivity index (χ3v) is 7.15. The summed E-state index contributed by atoms with van der Waals surface area (Å²) in [5, 5.41) is 8.59. The Morgan fingerprint density at radius 2 is 1.50 bits per heavy atom. The maximum absolute atomic E-state index is 5.93. The van der Waals surface area contributed by atoms with Crippen LogP contribution in [0.4, 0.5) is 11.5 Å². The monoisotopic (exact) mass is 520 g/mol. The fourth-order valence-electron chi connectivity index (χ4n) is 5.28. The van der Waals surface area contributed by atoms with Crippen LogP contribution in [0.3, 0.4) is 0 Å². The standard InChI is InChI=1S/C31H44N4O3/c1-6-36-28-19-30(38-8-3)29(37-7-2)17-23(28)21-32-20-22-13-15-24(16-14-22)33-31-18-27(35(4)5)25-11-9-10-12-26(25)34-31/h9-12,17-19,22,24,32H,6-8,13-16,20-21H2,1-5H3,(H,33,34)/t22-,24+. The van der Waals surface area contributed by atoms with Gasteiger partial charge in [-0.15, -0.1) is 0 Å². The lowest BCUT2D eigenvalue weighted by Gasteiger charge is -2.30. The number of fused-ring (bicyclic) bond motifs is 1. The predicted octanol–water partition coefficient (Wildman–Crippen LogP) is 6.26. The van der Waals surface area contributed by atoms with E-state index in [9.17, 15) is 0 Å². The Hall–Kier alpha value is -3.19. The van der Waals surface area contributed by atoms with E-state index >= 15 is 0 Å². The smallest absolute Gasteiger partial charge is 0.164 e. The van der Waals surface area contributed by atoms with Crippen molar-refractivity contribution >= 4 is 22.4 Å². The lowest BCUT2D eigenvalue weighted by atomic mass is 9.86. The minimum atomic E-state index is 0.458. The van der Waals surface area contributed by atoms with Gasteiger partial charge < -0.3 is 29.7 Å². The molecule has 206 valence electrons. The maximum atomic E-state index is 5.93. The van der Waals surface area contributed by atoms with Crippen molar-refractivity contribution in [3.63, 3.8) is 0 Å². The molecule has 1 aliphatic carbocycles. The SMILES string of the molecule is CCOc1cc(OCC)c(OCC)cc1CNC[C@H]1CC[C@@H](Nc2cc(N(C)C)c3ccccc3n2)CC1. The van der Waals surface area contributed by atoms with Crippen LogP contribution in [0.5, 0.6) is 17.2 Å². The second kappa shape index (κ2) is 13.6. The highest BCUT2D eigenvalue weighted by Gasteiger charge is 2.22. The number of rotatable bonds is 13. The summed E-state index contributed by atoms with van der Waals surface area (Å²) >= 11 is 0. The molecule has 7 heteroatoms. The zero-order chi connectivity index (χ0) is 26.9. The number of pyridine rings is 1. The van der Waals surface area contributed by atoms with Gasteiger partial charge in [0.2, 0.25) is 0 Å². The quantitative estimate of drug-likeness (QED) is 0.276. The highest BCUT2D eigenvalue weighted by molar-refractivity contribution is 5.93. The van der Waals surface area contributed by atoms with Crippen LogP contribution in [0.1, 0.15) is 52.0 Å². The fourth-order valence-corrected chi connectivity index (χ4v) is 5.28. The van der Waals surface area contributed by atoms with Gasteiger partial charge in [0, 0.05) is 55.5 Å². The van der Waals surface area contributed by atoms with Gasteiger partial charge in [-0.05, 0) is 71.0 Å². The average molecular weight is 521 g/mol. The summed E-state index contributed by atoms with van der Waals surface area (Å²) in [6, 6.07) is 15.0. The molecule has 3 aromatic rings. The molecule has 7 nitrogen and oxygen atoms in total. The number of nitrogens with one attached hydrogen (secondary N) is 2. The molecule has 1 aliphatic rings. The first-order valence-corrected chi connectivity index (χ1v) is 14.1. The number of aromatic nitrogens is 1. The predicted molar refractivity (Wildman–Crippen MR) is 157 cm³/mol. The Labute approximate surface area is 227 Å². The molecule has 1 heterocycles. The van der Waals surface area contributed by atoms with E-state index in [1.54, 1.807) is 0 Å². The molecule has 0 spiro atoms. The minimum absolute atomic E-state index is 0.458. The number of ether oxygens (including phenoxy) is 3. The molecule has 2 N–H and O–H groups in total. The Balaban J connectivity index is 1.31. The zero-order valence-electron chi connectivity index (χ0n) is 23.7. The zero-order valence-corrected chi connectivity index (χ0v) is 23.7. The van der Waals surface area contributed by atoms with E-state index in [-0.39, 0.29) is 0 Å². The molecule has 2 aromatic carbocycles. The van der Waals surface area contributed by atoms with Crippen LogP contribution < -0.4 is 29.7 Å². The van der Waals surface area contributed by atoms with Crippen molar-refractivity contribution in [2.45, 2.75) is 59.0 Å². The molecule has 0 bridgehead atoms. The summed E-state index contributed by atoms with van der Waals surface area (Å²) in [5.41, 5.74) is 3.34. The highest BCUT2D eigenvalue weighted by atomic mass is 16.5. The van der Waals surface area contributed by atoms with E-state index in [2.05, 4.69) is 66.0 Å². The van der Waals surface area contributed by atoms with E-state index in [0.29, 0.717) is 31.8 Å². The number of nitrogens with zero attached hydrogens (tertiary/aromatic N) is 2. The molecule has 0 atom stereocenters. The van der Waals surface area contributed by atoms with Gasteiger partial charge in [0.1, 0.15) is 11.6 Å². The molecule has 4 rings (SSSR count). The molecule has 0 amide bonds. The average Bonchev–Trinajstić information content (AvgIpc) is 2.91. The summed E-state index contributed by atoms with van der Waals surface area (Å²) in [5.74, 6) is 4.02. The van der Waals surface area contributed by atoms with Crippen LogP contribution >= 0.6 is 0 Å².